The van der Waals surface area contributed by atoms with Gasteiger partial charge in [0.25, 0.3) is 5.91 Å². The summed E-state index contributed by atoms with van der Waals surface area (Å²) in [5, 5.41) is 3.12. The summed E-state index contributed by atoms with van der Waals surface area (Å²) in [7, 11) is 0. The molecule has 1 aromatic carbocycles. The van der Waals surface area contributed by atoms with Crippen LogP contribution >= 0.6 is 0 Å². The fourth-order valence-corrected chi connectivity index (χ4v) is 2.36. The van der Waals surface area contributed by atoms with Crippen molar-refractivity contribution >= 4 is 23.8 Å². The second-order valence-electron chi connectivity index (χ2n) is 5.21. The molecule has 1 fully saturated rings. The lowest BCUT2D eigenvalue weighted by Gasteiger charge is -2.32. The molecule has 118 valence electrons. The number of benzene rings is 1. The van der Waals surface area contributed by atoms with Gasteiger partial charge in [0, 0.05) is 31.9 Å². The Morgan fingerprint density at radius 2 is 1.78 bits per heavy atom. The number of carbonyl (C=O) groups excluding carboxylic acids is 2. The highest BCUT2D eigenvalue weighted by atomic mass is 16.2. The highest BCUT2D eigenvalue weighted by molar-refractivity contribution is 5.92. The predicted octanol–water partition coefficient (Wildman–Crippen LogP) is 1.13. The zero-order valence-electron chi connectivity index (χ0n) is 12.6. The number of aromatic nitrogens is 2. The van der Waals surface area contributed by atoms with E-state index in [0.29, 0.717) is 37.7 Å². The number of rotatable bonds is 4. The minimum Gasteiger partial charge on any atom is -0.342 e. The van der Waals surface area contributed by atoms with Gasteiger partial charge in [-0.25, -0.2) is 9.97 Å². The van der Waals surface area contributed by atoms with Crippen LogP contribution in [0, 0.1) is 0 Å². The predicted molar refractivity (Wildman–Crippen MR) is 85.3 cm³/mol. The molecule has 0 radical (unpaired) electrons. The van der Waals surface area contributed by atoms with Gasteiger partial charge < -0.3 is 15.1 Å². The fourth-order valence-electron chi connectivity index (χ4n) is 2.36. The zero-order chi connectivity index (χ0) is 16.1. The molecule has 1 saturated heterocycles. The van der Waals surface area contributed by atoms with E-state index in [1.165, 1.54) is 6.20 Å². The largest absolute Gasteiger partial charge is 0.342 e. The van der Waals surface area contributed by atoms with E-state index < -0.39 is 0 Å². The van der Waals surface area contributed by atoms with Crippen molar-refractivity contribution in [3.63, 3.8) is 0 Å². The average molecular weight is 311 g/mol. The lowest BCUT2D eigenvalue weighted by Crippen LogP contribution is -2.48. The Morgan fingerprint density at radius 1 is 1.04 bits per heavy atom. The second kappa shape index (κ2) is 6.87. The third kappa shape index (κ3) is 3.63. The number of nitrogens with one attached hydrogen (secondary N) is 1. The number of anilines is 2. The molecule has 0 bridgehead atoms. The van der Waals surface area contributed by atoms with E-state index in [9.17, 15) is 9.59 Å². The average Bonchev–Trinajstić information content (AvgIpc) is 2.63. The molecule has 1 aliphatic heterocycles. The molecule has 0 unspecified atom stereocenters. The number of carbonyl (C=O) groups is 2. The molecule has 1 aromatic heterocycles. The van der Waals surface area contributed by atoms with Gasteiger partial charge in [-0.1, -0.05) is 18.2 Å². The van der Waals surface area contributed by atoms with Crippen LogP contribution < -0.4 is 5.32 Å². The lowest BCUT2D eigenvalue weighted by molar-refractivity contribution is -0.119. The second-order valence-corrected chi connectivity index (χ2v) is 5.21. The number of hydrogen-bond donors (Lipinski definition) is 1. The molecule has 1 aliphatic rings. The van der Waals surface area contributed by atoms with Gasteiger partial charge in [0.05, 0.1) is 12.4 Å². The van der Waals surface area contributed by atoms with Gasteiger partial charge >= 0.3 is 0 Å². The van der Waals surface area contributed by atoms with E-state index in [2.05, 4.69) is 15.3 Å². The van der Waals surface area contributed by atoms with Crippen LogP contribution in [-0.4, -0.2) is 58.3 Å². The van der Waals surface area contributed by atoms with Crippen LogP contribution in [0.25, 0.3) is 0 Å². The van der Waals surface area contributed by atoms with Crippen LogP contribution in [0.5, 0.6) is 0 Å². The van der Waals surface area contributed by atoms with E-state index >= 15 is 0 Å². The quantitative estimate of drug-likeness (QED) is 0.857. The van der Waals surface area contributed by atoms with E-state index in [0.717, 1.165) is 12.1 Å². The Morgan fingerprint density at radius 3 is 2.39 bits per heavy atom. The fraction of sp³-hybridized carbons (Fsp3) is 0.250. The van der Waals surface area contributed by atoms with E-state index in [4.69, 9.17) is 0 Å². The van der Waals surface area contributed by atoms with Crippen molar-refractivity contribution in [1.82, 2.24) is 19.8 Å². The molecule has 0 spiro atoms. The summed E-state index contributed by atoms with van der Waals surface area (Å²) >= 11 is 0. The molecular weight excluding hydrogens is 294 g/mol. The molecular formula is C16H17N5O2. The maximum absolute atomic E-state index is 12.4. The van der Waals surface area contributed by atoms with Crippen molar-refractivity contribution in [2.75, 3.05) is 31.5 Å². The van der Waals surface area contributed by atoms with Crippen molar-refractivity contribution < 1.29 is 9.59 Å². The minimum absolute atomic E-state index is 0.158. The Balaban J connectivity index is 1.63. The van der Waals surface area contributed by atoms with Gasteiger partial charge in [0.1, 0.15) is 11.5 Å². The van der Waals surface area contributed by atoms with Crippen molar-refractivity contribution in [1.29, 1.82) is 0 Å². The summed E-state index contributed by atoms with van der Waals surface area (Å²) in [4.78, 5) is 34.8. The first kappa shape index (κ1) is 15.0. The summed E-state index contributed by atoms with van der Waals surface area (Å²) in [6.45, 7) is 2.14. The maximum Gasteiger partial charge on any atom is 0.274 e. The van der Waals surface area contributed by atoms with Gasteiger partial charge in [-0.05, 0) is 12.1 Å². The maximum atomic E-state index is 12.4. The monoisotopic (exact) mass is 311 g/mol. The number of piperazine rings is 1. The molecule has 2 heterocycles. The van der Waals surface area contributed by atoms with Crippen LogP contribution in [0.15, 0.2) is 42.7 Å². The molecule has 7 nitrogen and oxygen atoms in total. The molecule has 0 atom stereocenters. The van der Waals surface area contributed by atoms with Gasteiger partial charge in [0.15, 0.2) is 0 Å². The van der Waals surface area contributed by atoms with Crippen LogP contribution in [0.3, 0.4) is 0 Å². The van der Waals surface area contributed by atoms with Crippen molar-refractivity contribution in [3.8, 4) is 0 Å². The summed E-state index contributed by atoms with van der Waals surface area (Å²) in [5.74, 6) is 0.424. The highest BCUT2D eigenvalue weighted by Gasteiger charge is 2.22. The molecule has 2 aromatic rings. The van der Waals surface area contributed by atoms with Crippen LogP contribution in [0.2, 0.25) is 0 Å². The van der Waals surface area contributed by atoms with Gasteiger partial charge in [-0.15, -0.1) is 0 Å². The smallest absolute Gasteiger partial charge is 0.274 e. The number of hydrogen-bond acceptors (Lipinski definition) is 5. The van der Waals surface area contributed by atoms with Crippen LogP contribution in [0.4, 0.5) is 11.5 Å². The summed E-state index contributed by atoms with van der Waals surface area (Å²) in [6.07, 6.45) is 3.83. The lowest BCUT2D eigenvalue weighted by atomic mass is 10.3. The third-order valence-electron chi connectivity index (χ3n) is 3.67. The first-order chi connectivity index (χ1) is 11.3. The minimum atomic E-state index is -0.158. The van der Waals surface area contributed by atoms with Gasteiger partial charge in [-0.2, -0.15) is 0 Å². The Kier molecular flexibility index (Phi) is 4.46. The van der Waals surface area contributed by atoms with E-state index in [1.807, 2.05) is 30.3 Å². The Bertz CT molecular complexity index is 667. The molecule has 0 aliphatic carbocycles. The Hall–Kier alpha value is -2.96. The van der Waals surface area contributed by atoms with E-state index in [1.54, 1.807) is 16.0 Å². The highest BCUT2D eigenvalue weighted by Crippen LogP contribution is 2.13. The van der Waals surface area contributed by atoms with Gasteiger partial charge in [-0.3, -0.25) is 9.59 Å². The molecule has 1 N–H and O–H groups in total. The SMILES string of the molecule is O=CN1CCN(C(=O)c2cnc(Nc3ccccc3)cn2)CC1. The number of para-hydroxylation sites is 1. The van der Waals surface area contributed by atoms with Crippen LogP contribution in [-0.2, 0) is 4.79 Å². The summed E-state index contributed by atoms with van der Waals surface area (Å²) in [6, 6.07) is 9.63. The molecule has 2 amide bonds. The zero-order valence-corrected chi connectivity index (χ0v) is 12.6. The first-order valence-electron chi connectivity index (χ1n) is 7.39. The number of amides is 2. The standard InChI is InChI=1S/C16H17N5O2/c22-12-20-6-8-21(9-7-20)16(23)14-10-18-15(11-17-14)19-13-4-2-1-3-5-13/h1-5,10-12H,6-9H2,(H,18,19). The normalized spacial score (nSPS) is 14.4. The first-order valence-corrected chi connectivity index (χ1v) is 7.39. The molecule has 7 heteroatoms. The van der Waals surface area contributed by atoms with Crippen LogP contribution in [0.1, 0.15) is 10.5 Å². The van der Waals surface area contributed by atoms with Crippen molar-refractivity contribution in [2.45, 2.75) is 0 Å². The van der Waals surface area contributed by atoms with Crippen molar-refractivity contribution in [3.05, 3.63) is 48.4 Å². The topological polar surface area (TPSA) is 78.4 Å². The van der Waals surface area contributed by atoms with E-state index in [-0.39, 0.29) is 5.91 Å². The third-order valence-corrected chi connectivity index (χ3v) is 3.67. The molecule has 3 rings (SSSR count). The summed E-state index contributed by atoms with van der Waals surface area (Å²) in [5.41, 5.74) is 1.22. The Labute approximate surface area is 134 Å². The number of nitrogens with zero attached hydrogens (tertiary/aromatic N) is 4. The van der Waals surface area contributed by atoms with Gasteiger partial charge in [0.2, 0.25) is 6.41 Å². The molecule has 23 heavy (non-hydrogen) atoms. The molecule has 0 saturated carbocycles. The summed E-state index contributed by atoms with van der Waals surface area (Å²) < 4.78 is 0. The van der Waals surface area contributed by atoms with Crippen molar-refractivity contribution in [2.24, 2.45) is 0 Å².